The van der Waals surface area contributed by atoms with Gasteiger partial charge in [-0.1, -0.05) is 35.9 Å². The highest BCUT2D eigenvalue weighted by molar-refractivity contribution is 6.30. The van der Waals surface area contributed by atoms with Gasteiger partial charge in [-0.25, -0.2) is 4.98 Å². The average molecular weight is 286 g/mol. The number of hydrogen-bond donors (Lipinski definition) is 2. The summed E-state index contributed by atoms with van der Waals surface area (Å²) in [7, 11) is 0. The molecule has 0 radical (unpaired) electrons. The monoisotopic (exact) mass is 285 g/mol. The van der Waals surface area contributed by atoms with Crippen molar-refractivity contribution in [2.45, 2.75) is 19.5 Å². The molecule has 0 fully saturated rings. The first-order valence-corrected chi connectivity index (χ1v) is 7.02. The molecule has 102 valence electrons. The first kappa shape index (κ1) is 13.2. The van der Waals surface area contributed by atoms with Crippen molar-refractivity contribution in [3.8, 4) is 0 Å². The molecule has 4 heteroatoms. The minimum absolute atomic E-state index is 0.165. The predicted octanol–water partition coefficient (Wildman–Crippen LogP) is 4.07. The Kier molecular flexibility index (Phi) is 3.72. The first-order chi connectivity index (χ1) is 9.72. The fourth-order valence-electron chi connectivity index (χ4n) is 2.15. The van der Waals surface area contributed by atoms with E-state index in [9.17, 15) is 0 Å². The lowest BCUT2D eigenvalue weighted by atomic mass is 10.2. The van der Waals surface area contributed by atoms with Crippen molar-refractivity contribution in [1.82, 2.24) is 15.3 Å². The number of H-pyrrole nitrogens is 1. The van der Waals surface area contributed by atoms with Crippen LogP contribution in [0.2, 0.25) is 5.02 Å². The molecule has 0 aliphatic carbocycles. The Morgan fingerprint density at radius 1 is 1.15 bits per heavy atom. The molecule has 20 heavy (non-hydrogen) atoms. The Bertz CT molecular complexity index is 670. The summed E-state index contributed by atoms with van der Waals surface area (Å²) < 4.78 is 0. The van der Waals surface area contributed by atoms with Crippen LogP contribution in [0.5, 0.6) is 0 Å². The lowest BCUT2D eigenvalue weighted by Crippen LogP contribution is -2.19. The summed E-state index contributed by atoms with van der Waals surface area (Å²) in [4.78, 5) is 7.95. The molecule has 0 aliphatic rings. The predicted molar refractivity (Wildman–Crippen MR) is 82.8 cm³/mol. The van der Waals surface area contributed by atoms with Gasteiger partial charge in [-0.2, -0.15) is 0 Å². The van der Waals surface area contributed by atoms with Gasteiger partial charge in [0.05, 0.1) is 17.1 Å². The zero-order valence-corrected chi connectivity index (χ0v) is 12.0. The van der Waals surface area contributed by atoms with E-state index in [1.807, 2.05) is 48.5 Å². The van der Waals surface area contributed by atoms with Gasteiger partial charge in [0.15, 0.2) is 0 Å². The summed E-state index contributed by atoms with van der Waals surface area (Å²) >= 11 is 5.88. The van der Waals surface area contributed by atoms with E-state index in [2.05, 4.69) is 22.2 Å². The van der Waals surface area contributed by atoms with Gasteiger partial charge in [0, 0.05) is 11.6 Å². The van der Waals surface area contributed by atoms with E-state index in [0.29, 0.717) is 0 Å². The summed E-state index contributed by atoms with van der Waals surface area (Å²) in [6.07, 6.45) is 0. The van der Waals surface area contributed by atoms with Crippen LogP contribution in [0.1, 0.15) is 24.4 Å². The minimum atomic E-state index is 0.165. The molecule has 0 aliphatic heterocycles. The molecule has 0 spiro atoms. The Morgan fingerprint density at radius 3 is 2.65 bits per heavy atom. The summed E-state index contributed by atoms with van der Waals surface area (Å²) in [5.74, 6) is 0.958. The van der Waals surface area contributed by atoms with Crippen LogP contribution in [0, 0.1) is 0 Å². The molecule has 0 saturated heterocycles. The van der Waals surface area contributed by atoms with Crippen LogP contribution in [-0.4, -0.2) is 9.97 Å². The summed E-state index contributed by atoms with van der Waals surface area (Å²) in [6, 6.07) is 16.1. The minimum Gasteiger partial charge on any atom is -0.341 e. The zero-order chi connectivity index (χ0) is 13.9. The molecule has 0 bridgehead atoms. The van der Waals surface area contributed by atoms with Gasteiger partial charge in [-0.3, -0.25) is 0 Å². The standard InChI is InChI=1S/C16H16ClN3/c1-11(18-10-12-6-8-13(17)9-7-12)16-19-14-4-2-3-5-15(14)20-16/h2-9,11,18H,10H2,1H3,(H,19,20). The second kappa shape index (κ2) is 5.65. The molecule has 2 N–H and O–H groups in total. The molecule has 1 heterocycles. The largest absolute Gasteiger partial charge is 0.341 e. The molecule has 3 nitrogen and oxygen atoms in total. The van der Waals surface area contributed by atoms with Gasteiger partial charge in [0.25, 0.3) is 0 Å². The van der Waals surface area contributed by atoms with Crippen molar-refractivity contribution < 1.29 is 0 Å². The number of fused-ring (bicyclic) bond motifs is 1. The van der Waals surface area contributed by atoms with Gasteiger partial charge in [-0.15, -0.1) is 0 Å². The van der Waals surface area contributed by atoms with Gasteiger partial charge in [-0.05, 0) is 36.8 Å². The molecule has 2 aromatic carbocycles. The molecule has 1 aromatic heterocycles. The Balaban J connectivity index is 1.69. The van der Waals surface area contributed by atoms with Crippen LogP contribution in [0.15, 0.2) is 48.5 Å². The highest BCUT2D eigenvalue weighted by atomic mass is 35.5. The van der Waals surface area contributed by atoms with Gasteiger partial charge >= 0.3 is 0 Å². The molecule has 3 rings (SSSR count). The van der Waals surface area contributed by atoms with Crippen molar-refractivity contribution >= 4 is 22.6 Å². The molecule has 1 atom stereocenters. The normalized spacial score (nSPS) is 12.7. The second-order valence-electron chi connectivity index (χ2n) is 4.87. The SMILES string of the molecule is CC(NCc1ccc(Cl)cc1)c1nc2ccccc2[nH]1. The van der Waals surface area contributed by atoms with Crippen LogP contribution in [0.4, 0.5) is 0 Å². The number of benzene rings is 2. The number of aromatic nitrogens is 2. The smallest absolute Gasteiger partial charge is 0.124 e. The van der Waals surface area contributed by atoms with Crippen LogP contribution in [0.3, 0.4) is 0 Å². The molecule has 3 aromatic rings. The first-order valence-electron chi connectivity index (χ1n) is 6.65. The summed E-state index contributed by atoms with van der Waals surface area (Å²) in [6.45, 7) is 2.89. The van der Waals surface area contributed by atoms with E-state index >= 15 is 0 Å². The molecule has 0 amide bonds. The lowest BCUT2D eigenvalue weighted by molar-refractivity contribution is 0.552. The lowest BCUT2D eigenvalue weighted by Gasteiger charge is -2.11. The third kappa shape index (κ3) is 2.84. The van der Waals surface area contributed by atoms with Crippen LogP contribution in [0.25, 0.3) is 11.0 Å². The average Bonchev–Trinajstić information content (AvgIpc) is 2.90. The number of para-hydroxylation sites is 2. The van der Waals surface area contributed by atoms with Crippen molar-refractivity contribution in [2.24, 2.45) is 0 Å². The highest BCUT2D eigenvalue weighted by Gasteiger charge is 2.09. The topological polar surface area (TPSA) is 40.7 Å². The van der Waals surface area contributed by atoms with Crippen LogP contribution >= 0.6 is 11.6 Å². The van der Waals surface area contributed by atoms with Crippen molar-refractivity contribution in [2.75, 3.05) is 0 Å². The number of nitrogens with one attached hydrogen (secondary N) is 2. The van der Waals surface area contributed by atoms with E-state index < -0.39 is 0 Å². The van der Waals surface area contributed by atoms with E-state index in [1.54, 1.807) is 0 Å². The number of nitrogens with zero attached hydrogens (tertiary/aromatic N) is 1. The Hall–Kier alpha value is -1.84. The van der Waals surface area contributed by atoms with E-state index in [-0.39, 0.29) is 6.04 Å². The molecule has 1 unspecified atom stereocenters. The quantitative estimate of drug-likeness (QED) is 0.759. The van der Waals surface area contributed by atoms with E-state index in [4.69, 9.17) is 11.6 Å². The number of imidazole rings is 1. The molecular weight excluding hydrogens is 270 g/mol. The van der Waals surface area contributed by atoms with Crippen molar-refractivity contribution in [3.63, 3.8) is 0 Å². The maximum atomic E-state index is 5.88. The fourth-order valence-corrected chi connectivity index (χ4v) is 2.27. The summed E-state index contributed by atoms with van der Waals surface area (Å²) in [5, 5.41) is 4.22. The van der Waals surface area contributed by atoms with Crippen molar-refractivity contribution in [3.05, 3.63) is 64.9 Å². The Morgan fingerprint density at radius 2 is 1.90 bits per heavy atom. The zero-order valence-electron chi connectivity index (χ0n) is 11.2. The van der Waals surface area contributed by atoms with E-state index in [1.165, 1.54) is 5.56 Å². The van der Waals surface area contributed by atoms with Gasteiger partial charge in [0.2, 0.25) is 0 Å². The maximum absolute atomic E-state index is 5.88. The highest BCUT2D eigenvalue weighted by Crippen LogP contribution is 2.16. The number of hydrogen-bond acceptors (Lipinski definition) is 2. The number of rotatable bonds is 4. The molecular formula is C16H16ClN3. The number of aromatic amines is 1. The van der Waals surface area contributed by atoms with Gasteiger partial charge in [0.1, 0.15) is 5.82 Å². The van der Waals surface area contributed by atoms with Crippen LogP contribution < -0.4 is 5.32 Å². The van der Waals surface area contributed by atoms with Gasteiger partial charge < -0.3 is 10.3 Å². The second-order valence-corrected chi connectivity index (χ2v) is 5.30. The Labute approximate surface area is 123 Å². The summed E-state index contributed by atoms with van der Waals surface area (Å²) in [5.41, 5.74) is 3.28. The third-order valence-electron chi connectivity index (χ3n) is 3.34. The van der Waals surface area contributed by atoms with E-state index in [0.717, 1.165) is 28.4 Å². The maximum Gasteiger partial charge on any atom is 0.124 e. The third-order valence-corrected chi connectivity index (χ3v) is 3.60. The van der Waals surface area contributed by atoms with Crippen LogP contribution in [-0.2, 0) is 6.54 Å². The molecule has 0 saturated carbocycles. The van der Waals surface area contributed by atoms with Crippen molar-refractivity contribution in [1.29, 1.82) is 0 Å². The number of halogens is 1. The fraction of sp³-hybridized carbons (Fsp3) is 0.188.